The molecule has 0 radical (unpaired) electrons. The number of amides is 4. The lowest BCUT2D eigenvalue weighted by molar-refractivity contribution is -0.141. The number of urea groups is 1. The fraction of sp³-hybridized carbons (Fsp3) is 0.280. The normalized spacial score (nSPS) is 22.0. The smallest absolute Gasteiger partial charge is 0.378 e. The van der Waals surface area contributed by atoms with Crippen LogP contribution in [0.5, 0.6) is 0 Å². The zero-order chi connectivity index (χ0) is 25.7. The van der Waals surface area contributed by atoms with Crippen LogP contribution in [0.25, 0.3) is 10.9 Å². The van der Waals surface area contributed by atoms with Crippen LogP contribution in [0.15, 0.2) is 48.5 Å². The summed E-state index contributed by atoms with van der Waals surface area (Å²) in [5.41, 5.74) is 5.00. The van der Waals surface area contributed by atoms with Crippen molar-refractivity contribution in [1.82, 2.24) is 15.6 Å². The lowest BCUT2D eigenvalue weighted by Crippen LogP contribution is -2.58. The molecule has 36 heavy (non-hydrogen) atoms. The number of nitrogens with zero attached hydrogens (tertiary/aromatic N) is 1. The van der Waals surface area contributed by atoms with Gasteiger partial charge in [-0.15, -0.1) is 0 Å². The Kier molecular flexibility index (Phi) is 5.67. The minimum atomic E-state index is -4.62. The Labute approximate surface area is 203 Å². The number of fused-ring (bicyclic) bond motifs is 1. The van der Waals surface area contributed by atoms with Crippen molar-refractivity contribution in [2.75, 3.05) is 13.2 Å². The fourth-order valence-electron chi connectivity index (χ4n) is 5.05. The van der Waals surface area contributed by atoms with Crippen molar-refractivity contribution in [1.29, 1.82) is 0 Å². The Morgan fingerprint density at radius 2 is 1.94 bits per heavy atom. The highest BCUT2D eigenvalue weighted by molar-refractivity contribution is 6.08. The molecule has 2 atom stereocenters. The zero-order valence-electron chi connectivity index (χ0n) is 18.8. The van der Waals surface area contributed by atoms with Crippen LogP contribution in [-0.4, -0.2) is 41.6 Å². The number of benzene rings is 2. The standard InChI is InChI=1S/C25H21F3N4O4/c26-25(27,28)20-11-14(15-3-1-2-4-19(15)30-20)9-13-5-6-16(21(29)33)17(10-13)18-7-8-36-12-24(18)22(34)31-23(35)32-24/h1-6,10-11,18H,7-9,12H2,(H2,29,33)(H2,31,32,34,35). The van der Waals surface area contributed by atoms with Crippen molar-refractivity contribution >= 4 is 28.7 Å². The number of ether oxygens (including phenoxy) is 1. The molecule has 4 amide bonds. The number of carbonyl (C=O) groups is 3. The molecule has 0 bridgehead atoms. The third-order valence-corrected chi connectivity index (χ3v) is 6.69. The van der Waals surface area contributed by atoms with E-state index >= 15 is 0 Å². The number of hydrogen-bond donors (Lipinski definition) is 3. The van der Waals surface area contributed by atoms with E-state index in [0.717, 1.165) is 6.07 Å². The molecule has 2 unspecified atom stereocenters. The minimum Gasteiger partial charge on any atom is -0.378 e. The highest BCUT2D eigenvalue weighted by Gasteiger charge is 2.54. The van der Waals surface area contributed by atoms with Gasteiger partial charge in [0.05, 0.1) is 12.1 Å². The van der Waals surface area contributed by atoms with Crippen LogP contribution in [0.3, 0.4) is 0 Å². The van der Waals surface area contributed by atoms with E-state index < -0.39 is 41.2 Å². The third kappa shape index (κ3) is 4.05. The fourth-order valence-corrected chi connectivity index (χ4v) is 5.05. The van der Waals surface area contributed by atoms with Gasteiger partial charge in [-0.2, -0.15) is 13.2 Å². The van der Waals surface area contributed by atoms with Crippen LogP contribution < -0.4 is 16.4 Å². The number of alkyl halides is 3. The molecule has 0 saturated carbocycles. The predicted octanol–water partition coefficient (Wildman–Crippen LogP) is 3.03. The number of carbonyl (C=O) groups excluding carboxylic acids is 3. The maximum atomic E-state index is 13.5. The van der Waals surface area contributed by atoms with Crippen molar-refractivity contribution in [3.63, 3.8) is 0 Å². The number of imide groups is 1. The Morgan fingerprint density at radius 1 is 1.17 bits per heavy atom. The van der Waals surface area contributed by atoms with Gasteiger partial charge in [-0.3, -0.25) is 14.9 Å². The molecule has 2 saturated heterocycles. The molecule has 4 N–H and O–H groups in total. The number of rotatable bonds is 4. The highest BCUT2D eigenvalue weighted by atomic mass is 19.4. The van der Waals surface area contributed by atoms with E-state index in [9.17, 15) is 27.6 Å². The van der Waals surface area contributed by atoms with Crippen molar-refractivity contribution in [3.8, 4) is 0 Å². The molecular formula is C25H21F3N4O4. The number of primary amides is 1. The van der Waals surface area contributed by atoms with Crippen LogP contribution in [0.4, 0.5) is 18.0 Å². The summed E-state index contributed by atoms with van der Waals surface area (Å²) in [5, 5.41) is 5.43. The molecule has 11 heteroatoms. The van der Waals surface area contributed by atoms with Crippen LogP contribution in [-0.2, 0) is 22.1 Å². The first-order valence-electron chi connectivity index (χ1n) is 11.2. The van der Waals surface area contributed by atoms with Crippen molar-refractivity contribution in [2.24, 2.45) is 5.73 Å². The molecule has 5 rings (SSSR count). The summed E-state index contributed by atoms with van der Waals surface area (Å²) in [7, 11) is 0. The Morgan fingerprint density at radius 3 is 2.64 bits per heavy atom. The van der Waals surface area contributed by atoms with E-state index in [0.29, 0.717) is 28.5 Å². The van der Waals surface area contributed by atoms with Crippen LogP contribution >= 0.6 is 0 Å². The molecule has 1 aromatic heterocycles. The topological polar surface area (TPSA) is 123 Å². The monoisotopic (exact) mass is 498 g/mol. The third-order valence-electron chi connectivity index (χ3n) is 6.69. The second-order valence-corrected chi connectivity index (χ2v) is 8.92. The van der Waals surface area contributed by atoms with E-state index in [4.69, 9.17) is 10.5 Å². The summed E-state index contributed by atoms with van der Waals surface area (Å²) in [6.07, 6.45) is -4.21. The van der Waals surface area contributed by atoms with Gasteiger partial charge in [0.2, 0.25) is 5.91 Å². The minimum absolute atomic E-state index is 0.0956. The van der Waals surface area contributed by atoms with Gasteiger partial charge in [0.15, 0.2) is 5.54 Å². The van der Waals surface area contributed by atoms with Crippen molar-refractivity contribution in [2.45, 2.75) is 30.5 Å². The van der Waals surface area contributed by atoms with E-state index in [1.807, 2.05) is 0 Å². The number of para-hydroxylation sites is 1. The summed E-state index contributed by atoms with van der Waals surface area (Å²) in [5.74, 6) is -1.94. The second kappa shape index (κ2) is 8.59. The summed E-state index contributed by atoms with van der Waals surface area (Å²) < 4.78 is 46.1. The summed E-state index contributed by atoms with van der Waals surface area (Å²) in [6.45, 7) is 0.184. The van der Waals surface area contributed by atoms with Crippen LogP contribution in [0.1, 0.15) is 45.1 Å². The average Bonchev–Trinajstić information content (AvgIpc) is 3.11. The maximum absolute atomic E-state index is 13.5. The quantitative estimate of drug-likeness (QED) is 0.477. The molecule has 0 aliphatic carbocycles. The number of aromatic nitrogens is 1. The van der Waals surface area contributed by atoms with Gasteiger partial charge in [0, 0.05) is 23.5 Å². The maximum Gasteiger partial charge on any atom is 0.433 e. The van der Waals surface area contributed by atoms with Crippen molar-refractivity contribution < 1.29 is 32.3 Å². The SMILES string of the molecule is NC(=O)c1ccc(Cc2cc(C(F)(F)F)nc3ccccc23)cc1C1CCOCC12NC(=O)NC2=O. The van der Waals surface area contributed by atoms with Gasteiger partial charge in [-0.25, -0.2) is 9.78 Å². The molecule has 2 fully saturated rings. The van der Waals surface area contributed by atoms with Gasteiger partial charge in [-0.1, -0.05) is 30.3 Å². The molecule has 3 aromatic rings. The van der Waals surface area contributed by atoms with E-state index in [-0.39, 0.29) is 30.7 Å². The predicted molar refractivity (Wildman–Crippen MR) is 122 cm³/mol. The number of halogens is 3. The number of hydrogen-bond acceptors (Lipinski definition) is 5. The van der Waals surface area contributed by atoms with Crippen molar-refractivity contribution in [3.05, 3.63) is 76.5 Å². The van der Waals surface area contributed by atoms with Gasteiger partial charge in [0.1, 0.15) is 5.69 Å². The molecule has 3 heterocycles. The second-order valence-electron chi connectivity index (χ2n) is 8.92. The molecule has 8 nitrogen and oxygen atoms in total. The van der Waals surface area contributed by atoms with Gasteiger partial charge in [-0.05, 0) is 47.7 Å². The number of nitrogens with one attached hydrogen (secondary N) is 2. The van der Waals surface area contributed by atoms with Gasteiger partial charge in [0.25, 0.3) is 5.91 Å². The largest absolute Gasteiger partial charge is 0.433 e. The summed E-state index contributed by atoms with van der Waals surface area (Å²) in [6, 6.07) is 11.7. The molecule has 2 aromatic carbocycles. The Bertz CT molecular complexity index is 1410. The lowest BCUT2D eigenvalue weighted by atomic mass is 9.74. The molecule has 186 valence electrons. The molecular weight excluding hydrogens is 477 g/mol. The molecule has 2 aliphatic heterocycles. The van der Waals surface area contributed by atoms with E-state index in [2.05, 4.69) is 15.6 Å². The van der Waals surface area contributed by atoms with Gasteiger partial charge >= 0.3 is 12.2 Å². The summed E-state index contributed by atoms with van der Waals surface area (Å²) >= 11 is 0. The molecule has 1 spiro atoms. The first-order chi connectivity index (χ1) is 17.1. The first-order valence-corrected chi connectivity index (χ1v) is 11.2. The Hall–Kier alpha value is -3.99. The zero-order valence-corrected chi connectivity index (χ0v) is 18.8. The van der Waals surface area contributed by atoms with Gasteiger partial charge < -0.3 is 15.8 Å². The molecule has 2 aliphatic rings. The highest BCUT2D eigenvalue weighted by Crippen LogP contribution is 2.40. The van der Waals surface area contributed by atoms with E-state index in [1.54, 1.807) is 30.3 Å². The van der Waals surface area contributed by atoms with Crippen LogP contribution in [0, 0.1) is 0 Å². The first kappa shape index (κ1) is 23.7. The number of pyridine rings is 1. The Balaban J connectivity index is 1.61. The number of nitrogens with two attached hydrogens (primary N) is 1. The van der Waals surface area contributed by atoms with Crippen LogP contribution in [0.2, 0.25) is 0 Å². The lowest BCUT2D eigenvalue weighted by Gasteiger charge is -2.39. The average molecular weight is 498 g/mol. The van der Waals surface area contributed by atoms with E-state index in [1.165, 1.54) is 12.1 Å². The summed E-state index contributed by atoms with van der Waals surface area (Å²) in [4.78, 5) is 40.8.